The van der Waals surface area contributed by atoms with Crippen molar-refractivity contribution in [3.8, 4) is 0 Å². The van der Waals surface area contributed by atoms with Crippen LogP contribution in [0.2, 0.25) is 0 Å². The first-order chi connectivity index (χ1) is 6.66. The van der Waals surface area contributed by atoms with Gasteiger partial charge < -0.3 is 4.98 Å². The number of nitrogens with one attached hydrogen (secondary N) is 1. The Morgan fingerprint density at radius 1 is 1.54 bits per heavy atom. The van der Waals surface area contributed by atoms with Gasteiger partial charge in [0.1, 0.15) is 5.52 Å². The van der Waals surface area contributed by atoms with Crippen molar-refractivity contribution >= 4 is 11.2 Å². The predicted molar refractivity (Wildman–Crippen MR) is 46.6 cm³/mol. The molecule has 0 amide bonds. The second-order valence-electron chi connectivity index (χ2n) is 2.68. The van der Waals surface area contributed by atoms with Gasteiger partial charge in [-0.15, -0.1) is 0 Å². The molecule has 0 aliphatic heterocycles. The van der Waals surface area contributed by atoms with Crippen molar-refractivity contribution in [1.29, 1.82) is 0 Å². The van der Waals surface area contributed by atoms with Crippen molar-refractivity contribution in [1.82, 2.24) is 19.1 Å². The van der Waals surface area contributed by atoms with Crippen molar-refractivity contribution in [3.63, 3.8) is 0 Å². The third-order valence-corrected chi connectivity index (χ3v) is 1.91. The summed E-state index contributed by atoms with van der Waals surface area (Å²) in [5.74, 6) is 0. The first kappa shape index (κ1) is 6.64. The molecule has 2 heterocycles. The number of aryl methyl sites for hydroxylation is 1. The van der Waals surface area contributed by atoms with Gasteiger partial charge in [0, 0.05) is 15.4 Å². The van der Waals surface area contributed by atoms with Gasteiger partial charge in [0.25, 0.3) is 5.56 Å². The number of rotatable bonds is 0. The van der Waals surface area contributed by atoms with Crippen molar-refractivity contribution in [2.75, 3.05) is 0 Å². The van der Waals surface area contributed by atoms with E-state index in [1.807, 2.05) is 0 Å². The van der Waals surface area contributed by atoms with Crippen molar-refractivity contribution in [2.24, 2.45) is 14.1 Å². The van der Waals surface area contributed by atoms with Gasteiger partial charge in [0.15, 0.2) is 5.65 Å². The summed E-state index contributed by atoms with van der Waals surface area (Å²) in [5.41, 5.74) is -0.468. The molecule has 0 aliphatic rings. The van der Waals surface area contributed by atoms with Crippen LogP contribution in [0, 0.1) is 0 Å². The molecule has 2 aromatic rings. The Bertz CT molecular complexity index is 594. The maximum atomic E-state index is 11.5. The van der Waals surface area contributed by atoms with Gasteiger partial charge >= 0.3 is 5.69 Å². The molecule has 0 aliphatic carbocycles. The molecule has 68 valence electrons. The van der Waals surface area contributed by atoms with Crippen LogP contribution in [0.1, 0.15) is 1.37 Å². The third kappa shape index (κ3) is 0.851. The van der Waals surface area contributed by atoms with Crippen molar-refractivity contribution < 1.29 is 1.37 Å². The zero-order valence-electron chi connectivity index (χ0n) is 7.94. The molecule has 6 heteroatoms. The Morgan fingerprint density at radius 3 is 3.00 bits per heavy atom. The minimum Gasteiger partial charge on any atom is -0.339 e. The highest BCUT2D eigenvalue weighted by atomic mass is 16.2. The Morgan fingerprint density at radius 2 is 2.31 bits per heavy atom. The Kier molecular flexibility index (Phi) is 1.18. The van der Waals surface area contributed by atoms with Crippen LogP contribution in [-0.4, -0.2) is 19.1 Å². The molecule has 2 aromatic heterocycles. The molecule has 0 fully saturated rings. The average Bonchev–Trinajstić information content (AvgIpc) is 2.64. The van der Waals surface area contributed by atoms with E-state index < -0.39 is 11.2 Å². The summed E-state index contributed by atoms with van der Waals surface area (Å²) in [6, 6.07) is 0. The van der Waals surface area contributed by atoms with Gasteiger partial charge in [0.2, 0.25) is 0 Å². The average molecular weight is 181 g/mol. The summed E-state index contributed by atoms with van der Waals surface area (Å²) in [5, 5.41) is 0. The highest BCUT2D eigenvalue weighted by Gasteiger charge is 2.08. The van der Waals surface area contributed by atoms with Gasteiger partial charge in [-0.3, -0.25) is 13.9 Å². The van der Waals surface area contributed by atoms with E-state index in [2.05, 4.69) is 9.97 Å². The van der Waals surface area contributed by atoms with Crippen LogP contribution in [0.5, 0.6) is 0 Å². The van der Waals surface area contributed by atoms with E-state index in [4.69, 9.17) is 1.37 Å². The number of hydrogen-bond donors (Lipinski definition) is 1. The van der Waals surface area contributed by atoms with Crippen molar-refractivity contribution in [3.05, 3.63) is 27.2 Å². The lowest BCUT2D eigenvalue weighted by Gasteiger charge is -2.00. The van der Waals surface area contributed by atoms with Crippen LogP contribution in [-0.2, 0) is 14.1 Å². The molecule has 0 saturated carbocycles. The summed E-state index contributed by atoms with van der Waals surface area (Å²) >= 11 is 0. The van der Waals surface area contributed by atoms with E-state index in [1.54, 1.807) is 0 Å². The van der Waals surface area contributed by atoms with Crippen LogP contribution in [0.3, 0.4) is 0 Å². The number of nitrogens with zero attached hydrogens (tertiary/aromatic N) is 3. The van der Waals surface area contributed by atoms with Gasteiger partial charge in [-0.2, -0.15) is 0 Å². The van der Waals surface area contributed by atoms with E-state index in [9.17, 15) is 9.59 Å². The molecular formula is C7H8N4O2. The highest BCUT2D eigenvalue weighted by Crippen LogP contribution is 1.97. The standard InChI is InChI=1S/C7H8N4O2/c1-10-5-4(8-3-9-5)6(12)11(2)7(10)13/h3H,1-2H3,(H,8,9)/i1D. The number of aromatic amines is 1. The van der Waals surface area contributed by atoms with Gasteiger partial charge in [-0.05, 0) is 0 Å². The maximum Gasteiger partial charge on any atom is 0.332 e. The Labute approximate surface area is 73.9 Å². The minimum atomic E-state index is -0.524. The van der Waals surface area contributed by atoms with Crippen LogP contribution in [0.4, 0.5) is 0 Å². The first-order valence-corrected chi connectivity index (χ1v) is 3.59. The molecule has 0 aromatic carbocycles. The predicted octanol–water partition coefficient (Wildman–Crippen LogP) is -1.04. The lowest BCUT2D eigenvalue weighted by molar-refractivity contribution is 0.709. The molecule has 6 nitrogen and oxygen atoms in total. The van der Waals surface area contributed by atoms with Gasteiger partial charge in [0.05, 0.1) is 6.33 Å². The molecule has 2 rings (SSSR count). The number of hydrogen-bond acceptors (Lipinski definition) is 3. The fraction of sp³-hybridized carbons (Fsp3) is 0.286. The van der Waals surface area contributed by atoms with Crippen LogP contribution < -0.4 is 11.2 Å². The Hall–Kier alpha value is -1.85. The molecular weight excluding hydrogens is 172 g/mol. The monoisotopic (exact) mass is 181 g/mol. The van der Waals surface area contributed by atoms with Crippen molar-refractivity contribution in [2.45, 2.75) is 0 Å². The van der Waals surface area contributed by atoms with Crippen LogP contribution in [0.25, 0.3) is 11.2 Å². The summed E-state index contributed by atoms with van der Waals surface area (Å²) in [6.07, 6.45) is 1.33. The van der Waals surface area contributed by atoms with E-state index in [1.165, 1.54) is 13.4 Å². The largest absolute Gasteiger partial charge is 0.339 e. The molecule has 0 unspecified atom stereocenters. The van der Waals surface area contributed by atoms with E-state index in [0.717, 1.165) is 9.13 Å². The minimum absolute atomic E-state index is 0.230. The lowest BCUT2D eigenvalue weighted by atomic mass is 10.5. The second-order valence-corrected chi connectivity index (χ2v) is 2.68. The normalized spacial score (nSPS) is 11.9. The maximum absolute atomic E-state index is 11.5. The van der Waals surface area contributed by atoms with E-state index in [-0.39, 0.29) is 18.2 Å². The summed E-state index contributed by atoms with van der Waals surface area (Å²) in [7, 11) is 1.12. The first-order valence-electron chi connectivity index (χ1n) is 4.29. The number of imidazole rings is 1. The fourth-order valence-electron chi connectivity index (χ4n) is 1.18. The number of fused-ring (bicyclic) bond motifs is 1. The van der Waals surface area contributed by atoms with E-state index >= 15 is 0 Å². The zero-order chi connectivity index (χ0) is 10.3. The fourth-order valence-corrected chi connectivity index (χ4v) is 1.18. The summed E-state index contributed by atoms with van der Waals surface area (Å²) in [4.78, 5) is 29.4. The topological polar surface area (TPSA) is 72.7 Å². The lowest BCUT2D eigenvalue weighted by Crippen LogP contribution is -2.36. The van der Waals surface area contributed by atoms with Crippen LogP contribution in [0.15, 0.2) is 15.9 Å². The molecule has 0 spiro atoms. The van der Waals surface area contributed by atoms with Crippen LogP contribution >= 0.6 is 0 Å². The SMILES string of the molecule is [2H]Cn1c(=O)n(C)c(=O)c2[nH]cnc21. The third-order valence-electron chi connectivity index (χ3n) is 1.91. The molecule has 0 saturated heterocycles. The second kappa shape index (κ2) is 2.32. The smallest absolute Gasteiger partial charge is 0.332 e. The van der Waals surface area contributed by atoms with E-state index in [0.29, 0.717) is 0 Å². The molecule has 0 bridgehead atoms. The summed E-state index contributed by atoms with van der Waals surface area (Å²) in [6.45, 7) is 0. The zero-order valence-corrected chi connectivity index (χ0v) is 6.94. The number of H-pyrrole nitrogens is 1. The molecule has 13 heavy (non-hydrogen) atoms. The van der Waals surface area contributed by atoms with Gasteiger partial charge in [-0.1, -0.05) is 0 Å². The molecule has 0 radical (unpaired) electrons. The molecule has 1 N–H and O–H groups in total. The summed E-state index contributed by atoms with van der Waals surface area (Å²) < 4.78 is 9.24. The quantitative estimate of drug-likeness (QED) is 0.564. The highest BCUT2D eigenvalue weighted by molar-refractivity contribution is 5.68. The van der Waals surface area contributed by atoms with Gasteiger partial charge in [-0.25, -0.2) is 9.78 Å². The number of aromatic nitrogens is 4. The molecule has 0 atom stereocenters. The Balaban J connectivity index is 3.11.